The van der Waals surface area contributed by atoms with Crippen molar-refractivity contribution in [1.29, 1.82) is 5.26 Å². The molecule has 0 aromatic carbocycles. The number of anilines is 1. The lowest BCUT2D eigenvalue weighted by atomic mass is 10.2. The summed E-state index contributed by atoms with van der Waals surface area (Å²) in [5, 5.41) is 13.0. The Morgan fingerprint density at radius 2 is 2.10 bits per heavy atom. The highest BCUT2D eigenvalue weighted by molar-refractivity contribution is 5.47. The summed E-state index contributed by atoms with van der Waals surface area (Å²) in [4.78, 5) is 13.1. The first-order valence-corrected chi connectivity index (χ1v) is 6.85. The van der Waals surface area contributed by atoms with Gasteiger partial charge in [-0.05, 0) is 6.42 Å². The standard InChI is InChI=1S/C13H17N7/c1-2-11-9-12(20-13(17-11)15-10-16-20)19-7-5-18(4-3-14)6-8-19/h9-10H,2,4-8H2,1H3. The van der Waals surface area contributed by atoms with Gasteiger partial charge in [0.05, 0.1) is 12.6 Å². The van der Waals surface area contributed by atoms with E-state index in [4.69, 9.17) is 5.26 Å². The van der Waals surface area contributed by atoms with Crippen molar-refractivity contribution in [2.24, 2.45) is 0 Å². The summed E-state index contributed by atoms with van der Waals surface area (Å²) in [6, 6.07) is 4.29. The van der Waals surface area contributed by atoms with Crippen molar-refractivity contribution in [3.8, 4) is 6.07 Å². The van der Waals surface area contributed by atoms with E-state index in [1.165, 1.54) is 6.33 Å². The van der Waals surface area contributed by atoms with Crippen LogP contribution in [0.25, 0.3) is 5.78 Å². The number of nitrogens with zero attached hydrogens (tertiary/aromatic N) is 7. The minimum atomic E-state index is 0.503. The number of hydrogen-bond acceptors (Lipinski definition) is 6. The lowest BCUT2D eigenvalue weighted by molar-refractivity contribution is 0.286. The molecule has 0 N–H and O–H groups in total. The van der Waals surface area contributed by atoms with Crippen LogP contribution in [0.2, 0.25) is 0 Å². The van der Waals surface area contributed by atoms with Crippen LogP contribution in [0.3, 0.4) is 0 Å². The molecular weight excluding hydrogens is 254 g/mol. The van der Waals surface area contributed by atoms with Crippen molar-refractivity contribution in [3.63, 3.8) is 0 Å². The van der Waals surface area contributed by atoms with E-state index >= 15 is 0 Å². The molecule has 1 aliphatic heterocycles. The minimum absolute atomic E-state index is 0.503. The van der Waals surface area contributed by atoms with Gasteiger partial charge < -0.3 is 4.90 Å². The molecule has 0 saturated carbocycles. The molecule has 0 amide bonds. The van der Waals surface area contributed by atoms with Gasteiger partial charge >= 0.3 is 0 Å². The summed E-state index contributed by atoms with van der Waals surface area (Å²) in [5.41, 5.74) is 1.03. The quantitative estimate of drug-likeness (QED) is 0.749. The Kier molecular flexibility index (Phi) is 3.48. The van der Waals surface area contributed by atoms with Crippen molar-refractivity contribution in [3.05, 3.63) is 18.1 Å². The van der Waals surface area contributed by atoms with Crippen molar-refractivity contribution < 1.29 is 0 Å². The molecule has 0 atom stereocenters. The smallest absolute Gasteiger partial charge is 0.254 e. The molecular formula is C13H17N7. The maximum Gasteiger partial charge on any atom is 0.254 e. The van der Waals surface area contributed by atoms with Crippen molar-refractivity contribution in [1.82, 2.24) is 24.5 Å². The molecule has 104 valence electrons. The fourth-order valence-electron chi connectivity index (χ4n) is 2.49. The zero-order valence-corrected chi connectivity index (χ0v) is 11.5. The average Bonchev–Trinajstić information content (AvgIpc) is 2.95. The normalized spacial score (nSPS) is 16.5. The summed E-state index contributed by atoms with van der Waals surface area (Å²) < 4.78 is 1.79. The van der Waals surface area contributed by atoms with Gasteiger partial charge in [-0.2, -0.15) is 19.9 Å². The number of aromatic nitrogens is 4. The largest absolute Gasteiger partial charge is 0.354 e. The van der Waals surface area contributed by atoms with Gasteiger partial charge in [0.1, 0.15) is 12.1 Å². The van der Waals surface area contributed by atoms with Crippen molar-refractivity contribution >= 4 is 11.6 Å². The first-order valence-electron chi connectivity index (χ1n) is 6.85. The molecule has 7 heteroatoms. The fourth-order valence-corrected chi connectivity index (χ4v) is 2.49. The van der Waals surface area contributed by atoms with Crippen LogP contribution in [-0.2, 0) is 6.42 Å². The van der Waals surface area contributed by atoms with E-state index < -0.39 is 0 Å². The second kappa shape index (κ2) is 5.43. The van der Waals surface area contributed by atoms with Gasteiger partial charge in [-0.15, -0.1) is 0 Å². The molecule has 0 aliphatic carbocycles. The van der Waals surface area contributed by atoms with E-state index in [9.17, 15) is 0 Å². The Morgan fingerprint density at radius 3 is 2.80 bits per heavy atom. The minimum Gasteiger partial charge on any atom is -0.354 e. The number of hydrogen-bond donors (Lipinski definition) is 0. The number of fused-ring (bicyclic) bond motifs is 1. The summed E-state index contributed by atoms with van der Waals surface area (Å²) in [5.74, 6) is 1.69. The van der Waals surface area contributed by atoms with Crippen LogP contribution in [-0.4, -0.2) is 57.2 Å². The van der Waals surface area contributed by atoms with Gasteiger partial charge in [-0.1, -0.05) is 6.92 Å². The van der Waals surface area contributed by atoms with Gasteiger partial charge in [-0.25, -0.2) is 4.98 Å². The molecule has 0 unspecified atom stereocenters. The van der Waals surface area contributed by atoms with Gasteiger partial charge in [-0.3, -0.25) is 4.90 Å². The number of rotatable bonds is 3. The monoisotopic (exact) mass is 271 g/mol. The van der Waals surface area contributed by atoms with Crippen LogP contribution in [0.15, 0.2) is 12.4 Å². The zero-order valence-electron chi connectivity index (χ0n) is 11.5. The third-order valence-corrected chi connectivity index (χ3v) is 3.64. The Labute approximate surface area is 117 Å². The van der Waals surface area contributed by atoms with E-state index in [2.05, 4.69) is 43.9 Å². The number of nitriles is 1. The highest BCUT2D eigenvalue weighted by Gasteiger charge is 2.20. The lowest BCUT2D eigenvalue weighted by Gasteiger charge is -2.34. The summed E-state index contributed by atoms with van der Waals surface area (Å²) >= 11 is 0. The molecule has 20 heavy (non-hydrogen) atoms. The molecule has 2 aromatic heterocycles. The Balaban J connectivity index is 1.87. The molecule has 1 saturated heterocycles. The molecule has 0 spiro atoms. The first kappa shape index (κ1) is 12.8. The highest BCUT2D eigenvalue weighted by atomic mass is 15.4. The maximum absolute atomic E-state index is 8.75. The van der Waals surface area contributed by atoms with Crippen LogP contribution in [0, 0.1) is 11.3 Å². The average molecular weight is 271 g/mol. The van der Waals surface area contributed by atoms with Crippen LogP contribution < -0.4 is 4.90 Å². The second-order valence-electron chi connectivity index (χ2n) is 4.85. The van der Waals surface area contributed by atoms with Gasteiger partial charge in [0.2, 0.25) is 0 Å². The van der Waals surface area contributed by atoms with Crippen LogP contribution in [0.5, 0.6) is 0 Å². The lowest BCUT2D eigenvalue weighted by Crippen LogP contribution is -2.47. The predicted molar refractivity (Wildman–Crippen MR) is 74.4 cm³/mol. The predicted octanol–water partition coefficient (Wildman–Crippen LogP) is 0.332. The molecule has 7 nitrogen and oxygen atoms in total. The van der Waals surface area contributed by atoms with Crippen molar-refractivity contribution in [2.45, 2.75) is 13.3 Å². The maximum atomic E-state index is 8.75. The molecule has 1 fully saturated rings. The summed E-state index contributed by atoms with van der Waals surface area (Å²) in [6.45, 7) is 6.17. The summed E-state index contributed by atoms with van der Waals surface area (Å²) in [7, 11) is 0. The number of piperazine rings is 1. The molecule has 1 aliphatic rings. The van der Waals surface area contributed by atoms with Crippen LogP contribution in [0.4, 0.5) is 5.82 Å². The van der Waals surface area contributed by atoms with Gasteiger partial charge in [0.15, 0.2) is 0 Å². The molecule has 3 rings (SSSR count). The summed E-state index contributed by atoms with van der Waals surface area (Å²) in [6.07, 6.45) is 2.42. The number of aryl methyl sites for hydroxylation is 1. The van der Waals surface area contributed by atoms with Crippen LogP contribution in [0.1, 0.15) is 12.6 Å². The van der Waals surface area contributed by atoms with E-state index in [1.807, 2.05) is 0 Å². The van der Waals surface area contributed by atoms with E-state index in [0.717, 1.165) is 44.1 Å². The van der Waals surface area contributed by atoms with Gasteiger partial charge in [0, 0.05) is 37.9 Å². The van der Waals surface area contributed by atoms with Gasteiger partial charge in [0.25, 0.3) is 5.78 Å². The van der Waals surface area contributed by atoms with E-state index in [0.29, 0.717) is 12.3 Å². The topological polar surface area (TPSA) is 73.3 Å². The molecule has 3 heterocycles. The highest BCUT2D eigenvalue weighted by Crippen LogP contribution is 2.18. The Bertz CT molecular complexity index is 634. The zero-order chi connectivity index (χ0) is 13.9. The molecule has 0 radical (unpaired) electrons. The Hall–Kier alpha value is -2.20. The van der Waals surface area contributed by atoms with Crippen molar-refractivity contribution in [2.75, 3.05) is 37.6 Å². The third kappa shape index (κ3) is 2.30. The fraction of sp³-hybridized carbons (Fsp3) is 0.538. The molecule has 0 bridgehead atoms. The SMILES string of the molecule is CCc1cc(N2CCN(CC#N)CC2)n2ncnc2n1. The molecule has 2 aromatic rings. The second-order valence-corrected chi connectivity index (χ2v) is 4.85. The van der Waals surface area contributed by atoms with E-state index in [-0.39, 0.29) is 0 Å². The first-order chi connectivity index (χ1) is 9.81. The third-order valence-electron chi connectivity index (χ3n) is 3.64. The van der Waals surface area contributed by atoms with E-state index in [1.54, 1.807) is 4.52 Å². The van der Waals surface area contributed by atoms with Crippen LogP contribution >= 0.6 is 0 Å². The Morgan fingerprint density at radius 1 is 1.30 bits per heavy atom.